The third-order valence-electron chi connectivity index (χ3n) is 5.70. The molecule has 170 valence electrons. The van der Waals surface area contributed by atoms with Crippen LogP contribution in [0.4, 0.5) is 10.8 Å². The number of hydrogen-bond acceptors (Lipinski definition) is 7. The van der Waals surface area contributed by atoms with E-state index in [1.54, 1.807) is 48.7 Å². The Balaban J connectivity index is 1.65. The number of sulfonamides is 1. The van der Waals surface area contributed by atoms with Crippen LogP contribution in [0.25, 0.3) is 10.4 Å². The second-order valence-corrected chi connectivity index (χ2v) is 10.7. The molecule has 9 heteroatoms. The van der Waals surface area contributed by atoms with Crippen LogP contribution in [0, 0.1) is 13.8 Å². The van der Waals surface area contributed by atoms with Gasteiger partial charge in [0.2, 0.25) is 0 Å². The highest BCUT2D eigenvalue weighted by Crippen LogP contribution is 2.37. The highest BCUT2D eigenvalue weighted by molar-refractivity contribution is 7.92. The van der Waals surface area contributed by atoms with E-state index in [0.717, 1.165) is 34.1 Å². The maximum Gasteiger partial charge on any atom is 0.265 e. The number of benzene rings is 1. The maximum absolute atomic E-state index is 13.2. The van der Waals surface area contributed by atoms with Gasteiger partial charge in [-0.1, -0.05) is 30.6 Å². The summed E-state index contributed by atoms with van der Waals surface area (Å²) in [6.45, 7) is 3.71. The lowest BCUT2D eigenvalue weighted by molar-refractivity contribution is 0.403. The summed E-state index contributed by atoms with van der Waals surface area (Å²) in [6, 6.07) is 9.05. The number of rotatable bonds is 7. The van der Waals surface area contributed by atoms with E-state index in [4.69, 9.17) is 9.72 Å². The molecule has 3 aromatic rings. The van der Waals surface area contributed by atoms with Gasteiger partial charge >= 0.3 is 0 Å². The highest BCUT2D eigenvalue weighted by atomic mass is 32.2. The first-order valence-electron chi connectivity index (χ1n) is 10.7. The van der Waals surface area contributed by atoms with Gasteiger partial charge in [-0.15, -0.1) is 0 Å². The van der Waals surface area contributed by atoms with Crippen molar-refractivity contribution in [1.29, 1.82) is 0 Å². The molecular formula is C23H28N4O3S2. The van der Waals surface area contributed by atoms with Gasteiger partial charge in [-0.25, -0.2) is 13.4 Å². The molecule has 0 amide bonds. The molecule has 2 heterocycles. The smallest absolute Gasteiger partial charge is 0.265 e. The minimum absolute atomic E-state index is 0.0790. The van der Waals surface area contributed by atoms with Crippen molar-refractivity contribution in [1.82, 2.24) is 9.97 Å². The molecule has 0 aliphatic heterocycles. The lowest BCUT2D eigenvalue weighted by atomic mass is 9.96. The zero-order valence-corrected chi connectivity index (χ0v) is 20.1. The van der Waals surface area contributed by atoms with E-state index in [-0.39, 0.29) is 10.6 Å². The minimum atomic E-state index is -3.88. The van der Waals surface area contributed by atoms with E-state index in [1.807, 2.05) is 13.0 Å². The number of nitrogens with zero attached hydrogens (tertiary/aromatic N) is 2. The van der Waals surface area contributed by atoms with E-state index in [0.29, 0.717) is 17.4 Å². The molecule has 1 aliphatic rings. The van der Waals surface area contributed by atoms with E-state index in [1.165, 1.54) is 26.4 Å². The maximum atomic E-state index is 13.2. The van der Waals surface area contributed by atoms with Gasteiger partial charge in [0, 0.05) is 12.2 Å². The van der Waals surface area contributed by atoms with Crippen molar-refractivity contribution in [2.75, 3.05) is 17.1 Å². The fourth-order valence-corrected chi connectivity index (χ4v) is 6.32. The fourth-order valence-electron chi connectivity index (χ4n) is 3.97. The van der Waals surface area contributed by atoms with Crippen LogP contribution in [0.3, 0.4) is 0 Å². The largest absolute Gasteiger partial charge is 0.495 e. The summed E-state index contributed by atoms with van der Waals surface area (Å²) in [7, 11) is -2.42. The van der Waals surface area contributed by atoms with Crippen molar-refractivity contribution in [2.24, 2.45) is 0 Å². The number of ether oxygens (including phenoxy) is 1. The van der Waals surface area contributed by atoms with Crippen molar-refractivity contribution < 1.29 is 13.2 Å². The first-order valence-corrected chi connectivity index (χ1v) is 13.0. The molecule has 0 atom stereocenters. The monoisotopic (exact) mass is 472 g/mol. The third kappa shape index (κ3) is 4.88. The number of nitrogens with one attached hydrogen (secondary N) is 2. The molecule has 1 aliphatic carbocycles. The summed E-state index contributed by atoms with van der Waals surface area (Å²) in [5.41, 5.74) is 2.70. The summed E-state index contributed by atoms with van der Waals surface area (Å²) < 4.78 is 34.5. The Morgan fingerprint density at radius 2 is 1.88 bits per heavy atom. The lowest BCUT2D eigenvalue weighted by Gasteiger charge is -2.22. The number of aromatic nitrogens is 2. The van der Waals surface area contributed by atoms with Gasteiger partial charge in [-0.3, -0.25) is 9.71 Å². The van der Waals surface area contributed by atoms with Gasteiger partial charge in [-0.05, 0) is 62.6 Å². The molecule has 1 fully saturated rings. The van der Waals surface area contributed by atoms with Crippen LogP contribution < -0.4 is 14.8 Å². The number of methoxy groups -OCH3 is 1. The highest BCUT2D eigenvalue weighted by Gasteiger charge is 2.23. The molecule has 2 aromatic heterocycles. The Hall–Kier alpha value is -2.65. The van der Waals surface area contributed by atoms with Crippen LogP contribution in [0.5, 0.6) is 5.75 Å². The Bertz CT molecular complexity index is 1200. The summed E-state index contributed by atoms with van der Waals surface area (Å²) in [4.78, 5) is 9.88. The van der Waals surface area contributed by atoms with Gasteiger partial charge in [0.25, 0.3) is 10.0 Å². The van der Waals surface area contributed by atoms with Gasteiger partial charge < -0.3 is 10.1 Å². The number of hydrogen-bond donors (Lipinski definition) is 2. The summed E-state index contributed by atoms with van der Waals surface area (Å²) in [5.74, 6) is 0.283. The molecule has 0 bridgehead atoms. The van der Waals surface area contributed by atoms with Gasteiger partial charge in [0.15, 0.2) is 5.13 Å². The quantitative estimate of drug-likeness (QED) is 0.480. The first-order chi connectivity index (χ1) is 15.4. The van der Waals surface area contributed by atoms with E-state index in [2.05, 4.69) is 15.0 Å². The average Bonchev–Trinajstić information content (AvgIpc) is 3.15. The molecule has 32 heavy (non-hydrogen) atoms. The Morgan fingerprint density at radius 3 is 2.59 bits per heavy atom. The predicted molar refractivity (Wildman–Crippen MR) is 129 cm³/mol. The Kier molecular flexibility index (Phi) is 6.66. The molecule has 4 rings (SSSR count). The van der Waals surface area contributed by atoms with Crippen molar-refractivity contribution >= 4 is 32.2 Å². The Morgan fingerprint density at radius 1 is 1.09 bits per heavy atom. The van der Waals surface area contributed by atoms with Crippen molar-refractivity contribution in [3.63, 3.8) is 0 Å². The second kappa shape index (κ2) is 9.46. The van der Waals surface area contributed by atoms with Crippen LogP contribution >= 0.6 is 11.3 Å². The van der Waals surface area contributed by atoms with Crippen molar-refractivity contribution in [3.05, 3.63) is 47.9 Å². The molecule has 2 N–H and O–H groups in total. The molecule has 0 unspecified atom stereocenters. The van der Waals surface area contributed by atoms with E-state index in [9.17, 15) is 8.42 Å². The van der Waals surface area contributed by atoms with Crippen LogP contribution in [0.2, 0.25) is 0 Å². The summed E-state index contributed by atoms with van der Waals surface area (Å²) in [5, 5.41) is 4.45. The number of thiazole rings is 1. The van der Waals surface area contributed by atoms with Crippen LogP contribution in [-0.2, 0) is 10.0 Å². The predicted octanol–water partition coefficient (Wildman–Crippen LogP) is 5.38. The second-order valence-electron chi connectivity index (χ2n) is 8.02. The zero-order valence-electron chi connectivity index (χ0n) is 18.5. The number of anilines is 2. The number of aryl methyl sites for hydroxylation is 2. The molecule has 0 saturated heterocycles. The van der Waals surface area contributed by atoms with Crippen LogP contribution in [-0.4, -0.2) is 31.5 Å². The van der Waals surface area contributed by atoms with Crippen molar-refractivity contribution in [2.45, 2.75) is 56.9 Å². The zero-order chi connectivity index (χ0) is 22.7. The minimum Gasteiger partial charge on any atom is -0.495 e. The summed E-state index contributed by atoms with van der Waals surface area (Å²) >= 11 is 1.56. The number of pyridine rings is 1. The normalized spacial score (nSPS) is 14.8. The topological polar surface area (TPSA) is 93.2 Å². The summed E-state index contributed by atoms with van der Waals surface area (Å²) in [6.07, 6.45) is 7.75. The average molecular weight is 473 g/mol. The standard InChI is InChI=1S/C23H28N4O3S2/c1-15-19(10-7-13-24-15)27-32(28,29)21-14-17(11-12-20(21)30-3)22-16(2)25-23(31-22)26-18-8-5-4-6-9-18/h7,10-14,18,27H,4-6,8-9H2,1-3H3,(H,25,26). The molecule has 7 nitrogen and oxygen atoms in total. The van der Waals surface area contributed by atoms with Gasteiger partial charge in [0.1, 0.15) is 10.6 Å². The van der Waals surface area contributed by atoms with Crippen LogP contribution in [0.15, 0.2) is 41.4 Å². The molecule has 0 radical (unpaired) electrons. The molecule has 1 saturated carbocycles. The van der Waals surface area contributed by atoms with Gasteiger partial charge in [0.05, 0.1) is 29.1 Å². The SMILES string of the molecule is COc1ccc(-c2sc(NC3CCCCC3)nc2C)cc1S(=O)(=O)Nc1cccnc1C. The van der Waals surface area contributed by atoms with E-state index >= 15 is 0 Å². The molecular weight excluding hydrogens is 444 g/mol. The Labute approximate surface area is 193 Å². The molecule has 0 spiro atoms. The van der Waals surface area contributed by atoms with Gasteiger partial charge in [-0.2, -0.15) is 0 Å². The van der Waals surface area contributed by atoms with Crippen molar-refractivity contribution in [3.8, 4) is 16.2 Å². The first kappa shape index (κ1) is 22.5. The van der Waals surface area contributed by atoms with Crippen LogP contribution in [0.1, 0.15) is 43.5 Å². The molecule has 1 aromatic carbocycles. The third-order valence-corrected chi connectivity index (χ3v) is 8.22. The lowest BCUT2D eigenvalue weighted by Crippen LogP contribution is -2.21. The van der Waals surface area contributed by atoms with E-state index < -0.39 is 10.0 Å². The fraction of sp³-hybridized carbons (Fsp3) is 0.391.